The smallest absolute Gasteiger partial charge is 0.176 e. The molecular weight excluding hydrogens is 250 g/mol. The van der Waals surface area contributed by atoms with Crippen LogP contribution in [0.15, 0.2) is 24.3 Å². The van der Waals surface area contributed by atoms with Crippen LogP contribution < -0.4 is 0 Å². The predicted molar refractivity (Wildman–Crippen MR) is 70.4 cm³/mol. The second-order valence-corrected chi connectivity index (χ2v) is 4.36. The van der Waals surface area contributed by atoms with Gasteiger partial charge < -0.3 is 10.2 Å². The first-order valence-electron chi connectivity index (χ1n) is 5.57. The van der Waals surface area contributed by atoms with Gasteiger partial charge in [0, 0.05) is 5.56 Å². The van der Waals surface area contributed by atoms with Gasteiger partial charge in [0.05, 0.1) is 18.6 Å². The Balaban J connectivity index is 2.88. The molecule has 18 heavy (non-hydrogen) atoms. The molecule has 0 aliphatic heterocycles. The zero-order chi connectivity index (χ0) is 13.5. The number of rotatable bonds is 6. The van der Waals surface area contributed by atoms with Gasteiger partial charge in [0.1, 0.15) is 6.10 Å². The topological polar surface area (TPSA) is 81.3 Å². The molecule has 5 heteroatoms. The molecule has 0 bridgehead atoms. The lowest BCUT2D eigenvalue weighted by molar-refractivity contribution is 0.0172. The Hall–Kier alpha value is -1.35. The number of benzene rings is 1. The molecule has 1 aromatic carbocycles. The highest BCUT2D eigenvalue weighted by molar-refractivity contribution is 7.80. The minimum absolute atomic E-state index is 0.196. The maximum Gasteiger partial charge on any atom is 0.176 e. The van der Waals surface area contributed by atoms with E-state index < -0.39 is 12.2 Å². The minimum atomic E-state index is -1.05. The molecule has 0 aromatic heterocycles. The van der Waals surface area contributed by atoms with Crippen LogP contribution in [0.4, 0.5) is 0 Å². The van der Waals surface area contributed by atoms with Gasteiger partial charge in [0.15, 0.2) is 5.78 Å². The normalized spacial score (nSPS) is 13.7. The number of ketones is 1. The summed E-state index contributed by atoms with van der Waals surface area (Å²) in [6.07, 6.45) is -1.80. The van der Waals surface area contributed by atoms with E-state index in [0.717, 1.165) is 0 Å². The van der Waals surface area contributed by atoms with Crippen LogP contribution in [-0.4, -0.2) is 27.9 Å². The predicted octanol–water partition coefficient (Wildman–Crippen LogP) is 1.50. The van der Waals surface area contributed by atoms with Crippen molar-refractivity contribution in [1.29, 1.82) is 5.26 Å². The van der Waals surface area contributed by atoms with E-state index in [1.54, 1.807) is 24.3 Å². The van der Waals surface area contributed by atoms with Crippen molar-refractivity contribution in [2.75, 3.05) is 5.75 Å². The van der Waals surface area contributed by atoms with Gasteiger partial charge in [-0.15, -0.1) is 0 Å². The zero-order valence-corrected chi connectivity index (χ0v) is 10.7. The number of thiol groups is 1. The van der Waals surface area contributed by atoms with Crippen molar-refractivity contribution in [1.82, 2.24) is 0 Å². The lowest BCUT2D eigenvalue weighted by atomic mass is 9.98. The molecule has 0 heterocycles. The fourth-order valence-corrected chi connectivity index (χ4v) is 1.85. The zero-order valence-electron chi connectivity index (χ0n) is 9.78. The minimum Gasteiger partial charge on any atom is -0.390 e. The van der Waals surface area contributed by atoms with Gasteiger partial charge in [0.25, 0.3) is 0 Å². The molecule has 96 valence electrons. The quantitative estimate of drug-likeness (QED) is 0.538. The molecule has 0 fully saturated rings. The average Bonchev–Trinajstić information content (AvgIpc) is 2.38. The maximum absolute atomic E-state index is 11.5. The average molecular weight is 265 g/mol. The number of nitriles is 1. The number of Topliss-reactive ketones (excluding diaryl/α,β-unsaturated/α-hetero) is 1. The summed E-state index contributed by atoms with van der Waals surface area (Å²) in [6.45, 7) is 0. The number of aliphatic hydroxyl groups excluding tert-OH is 2. The van der Waals surface area contributed by atoms with Crippen molar-refractivity contribution in [2.24, 2.45) is 0 Å². The molecule has 2 unspecified atom stereocenters. The summed E-state index contributed by atoms with van der Waals surface area (Å²) in [5.74, 6) is 0.167. The third-order valence-corrected chi connectivity index (χ3v) is 2.84. The van der Waals surface area contributed by atoms with Gasteiger partial charge >= 0.3 is 0 Å². The molecule has 0 saturated carbocycles. The third-order valence-electron chi connectivity index (χ3n) is 2.58. The van der Waals surface area contributed by atoms with E-state index in [1.165, 1.54) is 6.07 Å². The molecule has 0 spiro atoms. The second-order valence-electron chi connectivity index (χ2n) is 3.91. The van der Waals surface area contributed by atoms with Crippen LogP contribution in [0.25, 0.3) is 0 Å². The largest absolute Gasteiger partial charge is 0.390 e. The van der Waals surface area contributed by atoms with Gasteiger partial charge in [-0.2, -0.15) is 17.9 Å². The highest BCUT2D eigenvalue weighted by Gasteiger charge is 2.18. The Labute approximate surface area is 111 Å². The van der Waals surface area contributed by atoms with Crippen molar-refractivity contribution in [3.63, 3.8) is 0 Å². The number of carbonyl (C=O) groups excluding carboxylic acids is 1. The summed E-state index contributed by atoms with van der Waals surface area (Å²) in [6, 6.07) is 8.13. The van der Waals surface area contributed by atoms with E-state index >= 15 is 0 Å². The Morgan fingerprint density at radius 1 is 1.44 bits per heavy atom. The molecule has 1 aromatic rings. The Kier molecular flexibility index (Phi) is 5.86. The van der Waals surface area contributed by atoms with Crippen molar-refractivity contribution in [3.8, 4) is 6.07 Å². The van der Waals surface area contributed by atoms with Crippen LogP contribution in [0.3, 0.4) is 0 Å². The number of aliphatic hydroxyl groups is 2. The van der Waals surface area contributed by atoms with E-state index in [0.29, 0.717) is 23.3 Å². The first-order valence-corrected chi connectivity index (χ1v) is 6.20. The van der Waals surface area contributed by atoms with E-state index in [9.17, 15) is 15.0 Å². The molecule has 0 amide bonds. The summed E-state index contributed by atoms with van der Waals surface area (Å²) < 4.78 is 0. The Bertz CT molecular complexity index is 456. The van der Waals surface area contributed by atoms with Gasteiger partial charge in [0.2, 0.25) is 0 Å². The van der Waals surface area contributed by atoms with Crippen LogP contribution in [-0.2, 0) is 0 Å². The SMILES string of the molecule is N#CCC(=O)c1cccc(C(O)C(O)CCS)c1. The summed E-state index contributed by atoms with van der Waals surface area (Å²) in [5, 5.41) is 28.0. The van der Waals surface area contributed by atoms with Crippen molar-refractivity contribution < 1.29 is 15.0 Å². The van der Waals surface area contributed by atoms with Crippen LogP contribution in [0.2, 0.25) is 0 Å². The molecule has 4 nitrogen and oxygen atoms in total. The molecule has 0 aliphatic carbocycles. The van der Waals surface area contributed by atoms with Crippen LogP contribution in [0.1, 0.15) is 34.9 Å². The van der Waals surface area contributed by atoms with Crippen LogP contribution in [0.5, 0.6) is 0 Å². The van der Waals surface area contributed by atoms with Gasteiger partial charge in [-0.3, -0.25) is 4.79 Å². The van der Waals surface area contributed by atoms with E-state index in [2.05, 4.69) is 12.6 Å². The van der Waals surface area contributed by atoms with Crippen LogP contribution >= 0.6 is 12.6 Å². The number of hydrogen-bond acceptors (Lipinski definition) is 5. The lowest BCUT2D eigenvalue weighted by Crippen LogP contribution is -2.19. The van der Waals surface area contributed by atoms with E-state index in [1.807, 2.05) is 0 Å². The van der Waals surface area contributed by atoms with Crippen molar-refractivity contribution in [2.45, 2.75) is 25.0 Å². The molecule has 2 atom stereocenters. The highest BCUT2D eigenvalue weighted by Crippen LogP contribution is 2.20. The molecule has 0 radical (unpaired) electrons. The number of carbonyl (C=O) groups is 1. The fraction of sp³-hybridized carbons (Fsp3) is 0.385. The van der Waals surface area contributed by atoms with E-state index in [4.69, 9.17) is 5.26 Å². The molecule has 0 saturated heterocycles. The monoisotopic (exact) mass is 265 g/mol. The summed E-state index contributed by atoms with van der Waals surface area (Å²) in [5.41, 5.74) is 0.833. The molecule has 2 N–H and O–H groups in total. The number of hydrogen-bond donors (Lipinski definition) is 3. The highest BCUT2D eigenvalue weighted by atomic mass is 32.1. The Morgan fingerprint density at radius 2 is 2.17 bits per heavy atom. The molecular formula is C13H15NO3S. The maximum atomic E-state index is 11.5. The first-order chi connectivity index (χ1) is 8.60. The lowest BCUT2D eigenvalue weighted by Gasteiger charge is -2.17. The van der Waals surface area contributed by atoms with Crippen LogP contribution in [0, 0.1) is 11.3 Å². The summed E-state index contributed by atoms with van der Waals surface area (Å²) in [4.78, 5) is 11.5. The van der Waals surface area contributed by atoms with Gasteiger partial charge in [-0.1, -0.05) is 18.2 Å². The number of nitrogens with zero attached hydrogens (tertiary/aromatic N) is 1. The fourth-order valence-electron chi connectivity index (χ4n) is 1.58. The second kappa shape index (κ2) is 7.17. The summed E-state index contributed by atoms with van der Waals surface area (Å²) in [7, 11) is 0. The summed E-state index contributed by atoms with van der Waals surface area (Å²) >= 11 is 3.99. The Morgan fingerprint density at radius 3 is 2.78 bits per heavy atom. The standard InChI is InChI=1S/C13H15NO3S/c14-6-4-11(15)9-2-1-3-10(8-9)13(17)12(16)5-7-18/h1-3,8,12-13,16-18H,4-5,7H2. The van der Waals surface area contributed by atoms with Gasteiger partial charge in [-0.25, -0.2) is 0 Å². The van der Waals surface area contributed by atoms with Crippen molar-refractivity contribution >= 4 is 18.4 Å². The van der Waals surface area contributed by atoms with Crippen molar-refractivity contribution in [3.05, 3.63) is 35.4 Å². The van der Waals surface area contributed by atoms with E-state index in [-0.39, 0.29) is 12.2 Å². The third kappa shape index (κ3) is 3.84. The molecule has 0 aliphatic rings. The first kappa shape index (κ1) is 14.7. The van der Waals surface area contributed by atoms with Gasteiger partial charge in [-0.05, 0) is 23.8 Å². The molecule has 1 rings (SSSR count).